The minimum absolute atomic E-state index is 0.0000161. The number of nitrogens with zero attached hydrogens (tertiary/aromatic N) is 4. The summed E-state index contributed by atoms with van der Waals surface area (Å²) >= 11 is 1.20. The molecule has 12 heteroatoms. The van der Waals surface area contributed by atoms with Gasteiger partial charge in [0, 0.05) is 16.2 Å². The van der Waals surface area contributed by atoms with Crippen molar-refractivity contribution in [3.63, 3.8) is 0 Å². The molecule has 0 bridgehead atoms. The van der Waals surface area contributed by atoms with E-state index in [0.717, 1.165) is 41.5 Å². The molecule has 186 valence electrons. The number of tetrazole rings is 1. The number of methoxy groups -OCH3 is 1. The molecule has 0 unspecified atom stereocenters. The van der Waals surface area contributed by atoms with Gasteiger partial charge in [0.25, 0.3) is 11.9 Å². The Labute approximate surface area is 210 Å². The van der Waals surface area contributed by atoms with Crippen molar-refractivity contribution in [3.8, 4) is 17.2 Å². The minimum Gasteiger partial charge on any atom is -0.496 e. The van der Waals surface area contributed by atoms with Crippen molar-refractivity contribution in [2.45, 2.75) is 44.9 Å². The van der Waals surface area contributed by atoms with Crippen molar-refractivity contribution >= 4 is 39.0 Å². The standard InChI is InChI=1S/C24H24N6O5S/c1-13-10-20-16(12-19(13)34-2)21(22(36-20)23(31)25-24-26-28-29-27-24)35-18-9-8-15(11-17(18)30(32)33)14-6-4-3-5-7-14/h8-12,14H,3-7H2,1-2H3,(H2,25,26,27,28,29,31). The summed E-state index contributed by atoms with van der Waals surface area (Å²) in [6.07, 6.45) is 5.48. The highest BCUT2D eigenvalue weighted by molar-refractivity contribution is 7.21. The molecule has 0 atom stereocenters. The van der Waals surface area contributed by atoms with Crippen LogP contribution in [0, 0.1) is 17.0 Å². The zero-order chi connectivity index (χ0) is 25.2. The predicted molar refractivity (Wildman–Crippen MR) is 134 cm³/mol. The molecule has 2 heterocycles. The van der Waals surface area contributed by atoms with Crippen LogP contribution in [0.1, 0.15) is 58.8 Å². The van der Waals surface area contributed by atoms with Crippen LogP contribution < -0.4 is 14.8 Å². The summed E-state index contributed by atoms with van der Waals surface area (Å²) in [5.41, 5.74) is 1.68. The topological polar surface area (TPSA) is 145 Å². The molecule has 0 spiro atoms. The van der Waals surface area contributed by atoms with Crippen LogP contribution in [0.4, 0.5) is 11.6 Å². The average molecular weight is 509 g/mol. The van der Waals surface area contributed by atoms with Crippen molar-refractivity contribution in [2.75, 3.05) is 12.4 Å². The Morgan fingerprint density at radius 2 is 2.00 bits per heavy atom. The highest BCUT2D eigenvalue weighted by Gasteiger charge is 2.27. The van der Waals surface area contributed by atoms with Gasteiger partial charge >= 0.3 is 5.69 Å². The number of carbonyl (C=O) groups is 1. The van der Waals surface area contributed by atoms with Gasteiger partial charge in [-0.2, -0.15) is 5.21 Å². The molecule has 2 aromatic carbocycles. The van der Waals surface area contributed by atoms with Crippen LogP contribution in [0.2, 0.25) is 0 Å². The second kappa shape index (κ2) is 9.90. The molecule has 4 aromatic rings. The van der Waals surface area contributed by atoms with E-state index in [0.29, 0.717) is 17.1 Å². The number of amides is 1. The van der Waals surface area contributed by atoms with Crippen LogP contribution in [0.15, 0.2) is 30.3 Å². The van der Waals surface area contributed by atoms with E-state index in [-0.39, 0.29) is 28.0 Å². The second-order valence-electron chi connectivity index (χ2n) is 8.69. The quantitative estimate of drug-likeness (QED) is 0.238. The lowest BCUT2D eigenvalue weighted by Crippen LogP contribution is -2.12. The van der Waals surface area contributed by atoms with E-state index < -0.39 is 10.8 Å². The summed E-state index contributed by atoms with van der Waals surface area (Å²) in [6, 6.07) is 8.76. The summed E-state index contributed by atoms with van der Waals surface area (Å²) in [5.74, 6) is 0.648. The van der Waals surface area contributed by atoms with E-state index in [9.17, 15) is 14.9 Å². The van der Waals surface area contributed by atoms with Crippen LogP contribution in [0.25, 0.3) is 10.1 Å². The molecule has 5 rings (SSSR count). The number of rotatable bonds is 7. The fourth-order valence-electron chi connectivity index (χ4n) is 4.61. The van der Waals surface area contributed by atoms with Gasteiger partial charge in [-0.25, -0.2) is 0 Å². The Morgan fingerprint density at radius 1 is 1.19 bits per heavy atom. The molecular formula is C24H24N6O5S. The predicted octanol–water partition coefficient (Wildman–Crippen LogP) is 5.73. The molecule has 2 N–H and O–H groups in total. The van der Waals surface area contributed by atoms with E-state index in [1.165, 1.54) is 17.8 Å². The molecule has 1 aliphatic carbocycles. The first-order chi connectivity index (χ1) is 17.4. The van der Waals surface area contributed by atoms with Gasteiger partial charge in [0.1, 0.15) is 10.6 Å². The number of aromatic nitrogens is 4. The largest absolute Gasteiger partial charge is 0.496 e. The maximum Gasteiger partial charge on any atom is 0.311 e. The Kier molecular flexibility index (Phi) is 6.51. The molecule has 11 nitrogen and oxygen atoms in total. The third-order valence-corrected chi connectivity index (χ3v) is 7.54. The van der Waals surface area contributed by atoms with Gasteiger partial charge in [0.2, 0.25) is 5.75 Å². The van der Waals surface area contributed by atoms with Crippen molar-refractivity contribution in [1.82, 2.24) is 20.6 Å². The maximum atomic E-state index is 13.1. The van der Waals surface area contributed by atoms with Crippen LogP contribution in [0.5, 0.6) is 17.2 Å². The Morgan fingerprint density at radius 3 is 2.69 bits per heavy atom. The molecule has 2 aromatic heterocycles. The number of ether oxygens (including phenoxy) is 2. The smallest absolute Gasteiger partial charge is 0.311 e. The average Bonchev–Trinajstić information content (AvgIpc) is 3.52. The van der Waals surface area contributed by atoms with Crippen LogP contribution in [-0.2, 0) is 0 Å². The van der Waals surface area contributed by atoms with E-state index >= 15 is 0 Å². The molecule has 0 saturated heterocycles. The lowest BCUT2D eigenvalue weighted by Gasteiger charge is -2.22. The normalized spacial score (nSPS) is 14.1. The highest BCUT2D eigenvalue weighted by atomic mass is 32.1. The van der Waals surface area contributed by atoms with Gasteiger partial charge in [-0.3, -0.25) is 20.2 Å². The number of thiophene rings is 1. The Bertz CT molecular complexity index is 1430. The third-order valence-electron chi connectivity index (χ3n) is 6.41. The number of aryl methyl sites for hydroxylation is 1. The van der Waals surface area contributed by atoms with Gasteiger partial charge in [0.05, 0.1) is 12.0 Å². The number of aromatic amines is 1. The molecule has 1 amide bonds. The maximum absolute atomic E-state index is 13.1. The Hall–Kier alpha value is -4.06. The SMILES string of the molecule is COc1cc2c(Oc3ccc(C4CCCCC4)cc3[N+](=O)[O-])c(C(=O)Nc3nn[nH]n3)sc2cc1C. The summed E-state index contributed by atoms with van der Waals surface area (Å²) in [4.78, 5) is 24.9. The third kappa shape index (κ3) is 4.59. The molecule has 36 heavy (non-hydrogen) atoms. The number of nitro groups is 1. The van der Waals surface area contributed by atoms with E-state index in [2.05, 4.69) is 25.9 Å². The Balaban J connectivity index is 1.58. The number of fused-ring (bicyclic) bond motifs is 1. The number of hydrogen-bond donors (Lipinski definition) is 2. The molecule has 1 aliphatic rings. The van der Waals surface area contributed by atoms with Crippen molar-refractivity contribution in [3.05, 3.63) is 56.5 Å². The monoisotopic (exact) mass is 508 g/mol. The second-order valence-corrected chi connectivity index (χ2v) is 9.74. The zero-order valence-electron chi connectivity index (χ0n) is 19.7. The first-order valence-electron chi connectivity index (χ1n) is 11.6. The lowest BCUT2D eigenvalue weighted by atomic mass is 9.84. The molecule has 1 saturated carbocycles. The highest BCUT2D eigenvalue weighted by Crippen LogP contribution is 2.45. The molecular weight excluding hydrogens is 484 g/mol. The number of benzene rings is 2. The number of H-pyrrole nitrogens is 1. The number of hydrogen-bond acceptors (Lipinski definition) is 9. The summed E-state index contributed by atoms with van der Waals surface area (Å²) in [7, 11) is 1.56. The van der Waals surface area contributed by atoms with E-state index in [1.54, 1.807) is 25.3 Å². The first-order valence-corrected chi connectivity index (χ1v) is 12.4. The van der Waals surface area contributed by atoms with Gasteiger partial charge in [-0.1, -0.05) is 30.4 Å². The summed E-state index contributed by atoms with van der Waals surface area (Å²) in [5, 5.41) is 28.4. The van der Waals surface area contributed by atoms with Gasteiger partial charge < -0.3 is 9.47 Å². The zero-order valence-corrected chi connectivity index (χ0v) is 20.6. The van der Waals surface area contributed by atoms with E-state index in [1.807, 2.05) is 19.1 Å². The fourth-order valence-corrected chi connectivity index (χ4v) is 5.71. The molecule has 0 radical (unpaired) electrons. The van der Waals surface area contributed by atoms with Crippen molar-refractivity contribution < 1.29 is 19.2 Å². The van der Waals surface area contributed by atoms with Gasteiger partial charge in [0.15, 0.2) is 5.75 Å². The molecule has 0 aliphatic heterocycles. The first kappa shape index (κ1) is 23.7. The number of anilines is 1. The van der Waals surface area contributed by atoms with Gasteiger partial charge in [-0.05, 0) is 60.2 Å². The van der Waals surface area contributed by atoms with Crippen molar-refractivity contribution in [2.24, 2.45) is 0 Å². The number of nitrogens with one attached hydrogen (secondary N) is 2. The van der Waals surface area contributed by atoms with Crippen LogP contribution >= 0.6 is 11.3 Å². The fraction of sp³-hybridized carbons (Fsp3) is 0.333. The van der Waals surface area contributed by atoms with Crippen LogP contribution in [-0.4, -0.2) is 38.6 Å². The summed E-state index contributed by atoms with van der Waals surface area (Å²) in [6.45, 7) is 1.90. The number of nitro benzene ring substituents is 1. The lowest BCUT2D eigenvalue weighted by molar-refractivity contribution is -0.385. The van der Waals surface area contributed by atoms with Gasteiger partial charge in [-0.15, -0.1) is 16.4 Å². The van der Waals surface area contributed by atoms with E-state index in [4.69, 9.17) is 9.47 Å². The van der Waals surface area contributed by atoms with Crippen LogP contribution in [0.3, 0.4) is 0 Å². The summed E-state index contributed by atoms with van der Waals surface area (Å²) < 4.78 is 12.4. The number of carbonyl (C=O) groups excluding carboxylic acids is 1. The molecule has 1 fully saturated rings. The minimum atomic E-state index is -0.523. The van der Waals surface area contributed by atoms with Crippen molar-refractivity contribution in [1.29, 1.82) is 0 Å².